The minimum absolute atomic E-state index is 0.255. The van der Waals surface area contributed by atoms with Crippen molar-refractivity contribution in [2.24, 2.45) is 5.92 Å². The number of nitrogens with zero attached hydrogens (tertiary/aromatic N) is 3. The van der Waals surface area contributed by atoms with Crippen LogP contribution in [-0.2, 0) is 16.0 Å². The van der Waals surface area contributed by atoms with E-state index in [9.17, 15) is 41.0 Å². The van der Waals surface area contributed by atoms with Gasteiger partial charge in [0, 0.05) is 11.9 Å². The number of carbonyl (C=O) groups is 2. The predicted molar refractivity (Wildman–Crippen MR) is 109 cm³/mol. The zero-order valence-electron chi connectivity index (χ0n) is 17.7. The quantitative estimate of drug-likeness (QED) is 0.544. The van der Waals surface area contributed by atoms with Gasteiger partial charge in [-0.1, -0.05) is 0 Å². The molecule has 3 atom stereocenters. The molecule has 0 aliphatic carbocycles. The van der Waals surface area contributed by atoms with Gasteiger partial charge in [-0.05, 0) is 20.3 Å². The van der Waals surface area contributed by atoms with Crippen LogP contribution >= 0.6 is 22.7 Å². The number of aryl methyl sites for hydroxylation is 1. The molecule has 188 valence electrons. The van der Waals surface area contributed by atoms with Crippen molar-refractivity contribution in [3.05, 3.63) is 21.1 Å². The van der Waals surface area contributed by atoms with Gasteiger partial charge >= 0.3 is 18.4 Å². The van der Waals surface area contributed by atoms with Crippen LogP contribution in [-0.4, -0.2) is 63.4 Å². The summed E-state index contributed by atoms with van der Waals surface area (Å²) in [5.41, 5.74) is 1.07. The molecule has 3 heterocycles. The number of likely N-dealkylation sites (tertiary alicyclic amines) is 1. The number of aliphatic hydroxyl groups is 1. The predicted octanol–water partition coefficient (Wildman–Crippen LogP) is 4.69. The first kappa shape index (κ1) is 26.3. The maximum Gasteiger partial charge on any atom is 0.422 e. The third-order valence-corrected chi connectivity index (χ3v) is 7.21. The third-order valence-electron chi connectivity index (χ3n) is 5.01. The summed E-state index contributed by atoms with van der Waals surface area (Å²) in [6.45, 7) is 0.316. The summed E-state index contributed by atoms with van der Waals surface area (Å²) in [4.78, 5) is 34.5. The van der Waals surface area contributed by atoms with E-state index >= 15 is 0 Å². The number of amides is 1. The highest BCUT2D eigenvalue weighted by atomic mass is 32.1. The van der Waals surface area contributed by atoms with Crippen LogP contribution in [0.5, 0.6) is 0 Å². The van der Waals surface area contributed by atoms with Gasteiger partial charge < -0.3 is 9.84 Å². The first-order valence-corrected chi connectivity index (χ1v) is 11.5. The molecule has 1 unspecified atom stereocenters. The summed E-state index contributed by atoms with van der Waals surface area (Å²) in [6, 6.07) is -1.59. The summed E-state index contributed by atoms with van der Waals surface area (Å²) in [6.07, 6.45) is -13.2. The highest BCUT2D eigenvalue weighted by Gasteiger charge is 2.51. The van der Waals surface area contributed by atoms with E-state index in [0.717, 1.165) is 11.3 Å². The molecule has 1 amide bonds. The minimum atomic E-state index is -4.86. The molecule has 1 aliphatic rings. The molecule has 7 nitrogen and oxygen atoms in total. The second-order valence-corrected chi connectivity index (χ2v) is 9.70. The summed E-state index contributed by atoms with van der Waals surface area (Å²) in [7, 11) is 0. The zero-order valence-corrected chi connectivity index (χ0v) is 19.4. The van der Waals surface area contributed by atoms with Crippen molar-refractivity contribution < 1.29 is 45.8 Å². The molecule has 3 rings (SSSR count). The molecular formula is C19H19F6N3O4S2. The van der Waals surface area contributed by atoms with Crippen LogP contribution in [0.3, 0.4) is 0 Å². The zero-order chi connectivity index (χ0) is 25.4. The summed E-state index contributed by atoms with van der Waals surface area (Å²) in [5, 5.41) is 12.0. The van der Waals surface area contributed by atoms with Crippen LogP contribution in [0.25, 0.3) is 10.6 Å². The summed E-state index contributed by atoms with van der Waals surface area (Å²) < 4.78 is 80.8. The molecule has 1 saturated heterocycles. The lowest BCUT2D eigenvalue weighted by Crippen LogP contribution is -2.42. The van der Waals surface area contributed by atoms with Gasteiger partial charge in [0.1, 0.15) is 16.1 Å². The number of ether oxygens (including phenoxy) is 1. The molecule has 2 aromatic rings. The number of thiazole rings is 2. The molecule has 1 aliphatic heterocycles. The number of hydrogen-bond donors (Lipinski definition) is 1. The first-order chi connectivity index (χ1) is 15.7. The molecule has 0 saturated carbocycles. The largest absolute Gasteiger partial charge is 0.440 e. The maximum atomic E-state index is 13.2. The van der Waals surface area contributed by atoms with E-state index in [-0.39, 0.29) is 5.01 Å². The number of aromatic nitrogens is 2. The maximum absolute atomic E-state index is 13.2. The Morgan fingerprint density at radius 2 is 1.94 bits per heavy atom. The number of aliphatic hydroxyl groups excluding tert-OH is 1. The molecule has 2 aromatic heterocycles. The fraction of sp³-hybridized carbons (Fsp3) is 0.579. The van der Waals surface area contributed by atoms with E-state index in [0.29, 0.717) is 26.2 Å². The van der Waals surface area contributed by atoms with E-state index < -0.39 is 68.3 Å². The normalized spacial score (nSPS) is 20.0. The van der Waals surface area contributed by atoms with Crippen LogP contribution in [0.15, 0.2) is 5.38 Å². The lowest BCUT2D eigenvalue weighted by atomic mass is 10.0. The van der Waals surface area contributed by atoms with E-state index in [1.165, 1.54) is 11.3 Å². The Bertz CT molecular complexity index is 1050. The van der Waals surface area contributed by atoms with Crippen molar-refractivity contribution in [3.8, 4) is 10.6 Å². The van der Waals surface area contributed by atoms with Gasteiger partial charge in [0.25, 0.3) is 0 Å². The van der Waals surface area contributed by atoms with E-state index in [2.05, 4.69) is 14.7 Å². The van der Waals surface area contributed by atoms with Crippen LogP contribution < -0.4 is 0 Å². The highest BCUT2D eigenvalue weighted by molar-refractivity contribution is 7.16. The van der Waals surface area contributed by atoms with Crippen molar-refractivity contribution in [2.75, 3.05) is 13.2 Å². The topological polar surface area (TPSA) is 92.6 Å². The number of Topliss-reactive ketones (excluding diaryl/α,β-unsaturated/α-hetero) is 1. The molecule has 34 heavy (non-hydrogen) atoms. The second kappa shape index (κ2) is 9.77. The smallest absolute Gasteiger partial charge is 0.422 e. The average molecular weight is 532 g/mol. The van der Waals surface area contributed by atoms with Crippen molar-refractivity contribution in [2.45, 2.75) is 51.2 Å². The Morgan fingerprint density at radius 1 is 1.26 bits per heavy atom. The first-order valence-electron chi connectivity index (χ1n) is 9.85. The van der Waals surface area contributed by atoms with E-state index in [1.807, 2.05) is 0 Å². The molecule has 15 heteroatoms. The second-order valence-electron chi connectivity index (χ2n) is 7.72. The molecule has 0 aromatic carbocycles. The molecule has 0 bridgehead atoms. The van der Waals surface area contributed by atoms with Gasteiger partial charge in [0.15, 0.2) is 12.4 Å². The number of alkyl halides is 6. The number of carbonyl (C=O) groups excluding carboxylic acids is 2. The summed E-state index contributed by atoms with van der Waals surface area (Å²) >= 11 is 2.27. The Balaban J connectivity index is 1.75. The summed E-state index contributed by atoms with van der Waals surface area (Å²) in [5.74, 6) is -2.85. The Labute approximate surface area is 197 Å². The van der Waals surface area contributed by atoms with Crippen molar-refractivity contribution >= 4 is 34.6 Å². The monoisotopic (exact) mass is 531 g/mol. The van der Waals surface area contributed by atoms with Gasteiger partial charge in [0.2, 0.25) is 0 Å². The fourth-order valence-corrected chi connectivity index (χ4v) is 5.24. The minimum Gasteiger partial charge on any atom is -0.440 e. The Hall–Kier alpha value is -2.26. The molecule has 0 radical (unpaired) electrons. The van der Waals surface area contributed by atoms with Gasteiger partial charge in [-0.2, -0.15) is 26.3 Å². The molecular weight excluding hydrogens is 512 g/mol. The van der Waals surface area contributed by atoms with Crippen LogP contribution in [0.2, 0.25) is 0 Å². The van der Waals surface area contributed by atoms with Crippen molar-refractivity contribution in [1.29, 1.82) is 0 Å². The number of ketones is 1. The van der Waals surface area contributed by atoms with Crippen LogP contribution in [0, 0.1) is 12.8 Å². The van der Waals surface area contributed by atoms with E-state index in [1.54, 1.807) is 19.2 Å². The SMILES string of the molecule is Cc1nc(C(C)O)sc1-c1csc(CC(=O)[C@@H]2C[C@@H](C(F)(F)F)CN2C(=O)OCC(F)(F)F)n1. The number of rotatable bonds is 6. The van der Waals surface area contributed by atoms with E-state index in [4.69, 9.17) is 0 Å². The molecule has 0 spiro atoms. The van der Waals surface area contributed by atoms with Gasteiger partial charge in [-0.15, -0.1) is 22.7 Å². The van der Waals surface area contributed by atoms with Gasteiger partial charge in [0.05, 0.1) is 34.6 Å². The van der Waals surface area contributed by atoms with Crippen LogP contribution in [0.4, 0.5) is 31.1 Å². The third kappa shape index (κ3) is 6.24. The number of halogens is 6. The highest BCUT2D eigenvalue weighted by Crippen LogP contribution is 2.38. The van der Waals surface area contributed by atoms with Gasteiger partial charge in [-0.3, -0.25) is 9.69 Å². The average Bonchev–Trinajstić information content (AvgIpc) is 3.42. The Morgan fingerprint density at radius 3 is 2.50 bits per heavy atom. The lowest BCUT2D eigenvalue weighted by molar-refractivity contribution is -0.172. The number of hydrogen-bond acceptors (Lipinski definition) is 8. The Kier molecular flexibility index (Phi) is 7.57. The van der Waals surface area contributed by atoms with Gasteiger partial charge in [-0.25, -0.2) is 14.8 Å². The van der Waals surface area contributed by atoms with Crippen molar-refractivity contribution in [1.82, 2.24) is 14.9 Å². The lowest BCUT2D eigenvalue weighted by Gasteiger charge is -2.23. The fourth-order valence-electron chi connectivity index (χ4n) is 3.40. The van der Waals surface area contributed by atoms with Crippen molar-refractivity contribution in [3.63, 3.8) is 0 Å². The molecule has 1 fully saturated rings. The standard InChI is InChI=1S/C19H19F6N3O4S2/c1-8-15(34-16(26-8)9(2)29)11-6-33-14(27-11)4-13(30)12-3-10(19(23,24)25)5-28(12)17(31)32-7-18(20,21)22/h6,9-10,12,29H,3-5,7H2,1-2H3/t9?,10-,12+/m1/s1. The molecule has 1 N–H and O–H groups in total. The van der Waals surface area contributed by atoms with Crippen LogP contribution in [0.1, 0.15) is 35.2 Å².